The summed E-state index contributed by atoms with van der Waals surface area (Å²) in [6.45, 7) is 0. The molecule has 21 heavy (non-hydrogen) atoms. The van der Waals surface area contributed by atoms with Gasteiger partial charge < -0.3 is 21.1 Å². The van der Waals surface area contributed by atoms with E-state index in [0.29, 0.717) is 23.3 Å². The fourth-order valence-corrected chi connectivity index (χ4v) is 4.68. The van der Waals surface area contributed by atoms with E-state index in [1.54, 1.807) is 7.05 Å². The Morgan fingerprint density at radius 1 is 1.48 bits per heavy atom. The molecule has 0 aliphatic carbocycles. The van der Waals surface area contributed by atoms with Gasteiger partial charge in [-0.3, -0.25) is 4.79 Å². The molecule has 7 heteroatoms. The number of thiophene rings is 1. The van der Waals surface area contributed by atoms with Crippen LogP contribution in [0.3, 0.4) is 0 Å². The van der Waals surface area contributed by atoms with Crippen LogP contribution in [0.2, 0.25) is 0 Å². The number of nitriles is 1. The van der Waals surface area contributed by atoms with Crippen molar-refractivity contribution in [3.05, 3.63) is 10.4 Å². The monoisotopic (exact) mass is 306 g/mol. The fraction of sp³-hybridized carbons (Fsp3) is 0.571. The number of amides is 1. The van der Waals surface area contributed by atoms with Crippen molar-refractivity contribution in [3.8, 4) is 6.07 Å². The van der Waals surface area contributed by atoms with Crippen LogP contribution in [0.1, 0.15) is 40.9 Å². The number of carbonyl (C=O) groups excluding carboxylic acids is 1. The summed E-state index contributed by atoms with van der Waals surface area (Å²) in [5, 5.41) is 22.5. The third kappa shape index (κ3) is 2.15. The largest absolute Gasteiger partial charge is 0.396 e. The average molecular weight is 306 g/mol. The lowest BCUT2D eigenvalue weighted by Crippen LogP contribution is -2.45. The van der Waals surface area contributed by atoms with Crippen molar-refractivity contribution >= 4 is 27.9 Å². The first-order chi connectivity index (χ1) is 10.1. The molecule has 2 bridgehead atoms. The van der Waals surface area contributed by atoms with Crippen molar-refractivity contribution in [2.45, 2.75) is 43.9 Å². The summed E-state index contributed by atoms with van der Waals surface area (Å²) >= 11 is 1.28. The summed E-state index contributed by atoms with van der Waals surface area (Å²) in [5.74, 6) is -0.259. The maximum absolute atomic E-state index is 12.2. The van der Waals surface area contributed by atoms with E-state index in [-0.39, 0.29) is 29.8 Å². The lowest BCUT2D eigenvalue weighted by atomic mass is 9.99. The second-order valence-corrected chi connectivity index (χ2v) is 6.63. The van der Waals surface area contributed by atoms with Crippen LogP contribution >= 0.6 is 11.3 Å². The number of nitrogen functional groups attached to an aromatic ring is 1. The van der Waals surface area contributed by atoms with E-state index in [1.807, 2.05) is 0 Å². The Hall–Kier alpha value is -1.78. The first-order valence-corrected chi connectivity index (χ1v) is 7.89. The number of fused-ring (bicyclic) bond motifs is 2. The number of hydrogen-bond donors (Lipinski definition) is 3. The van der Waals surface area contributed by atoms with Gasteiger partial charge in [-0.25, -0.2) is 0 Å². The van der Waals surface area contributed by atoms with Crippen LogP contribution in [0.4, 0.5) is 10.7 Å². The number of carbonyl (C=O) groups is 1. The number of hydrogen-bond acceptors (Lipinski definition) is 6. The zero-order valence-electron chi connectivity index (χ0n) is 11.8. The van der Waals surface area contributed by atoms with E-state index in [2.05, 4.69) is 16.3 Å². The van der Waals surface area contributed by atoms with E-state index in [9.17, 15) is 15.2 Å². The Morgan fingerprint density at radius 2 is 2.10 bits per heavy atom. The molecule has 4 N–H and O–H groups in total. The van der Waals surface area contributed by atoms with Gasteiger partial charge in [-0.15, -0.1) is 11.3 Å². The molecule has 1 aromatic rings. The summed E-state index contributed by atoms with van der Waals surface area (Å²) in [5.41, 5.74) is 6.66. The van der Waals surface area contributed by atoms with Crippen LogP contribution < -0.4 is 16.0 Å². The highest BCUT2D eigenvalue weighted by Crippen LogP contribution is 2.46. The molecule has 0 saturated carbocycles. The number of aliphatic hydroxyl groups is 1. The predicted octanol–water partition coefficient (Wildman–Crippen LogP) is 1.05. The Morgan fingerprint density at radius 3 is 2.62 bits per heavy atom. The highest BCUT2D eigenvalue weighted by molar-refractivity contribution is 7.17. The summed E-state index contributed by atoms with van der Waals surface area (Å²) in [7, 11) is 1.56. The lowest BCUT2D eigenvalue weighted by molar-refractivity contribution is 0.0964. The summed E-state index contributed by atoms with van der Waals surface area (Å²) in [6, 6.07) is 2.53. The molecule has 3 rings (SSSR count). The Balaban J connectivity index is 2.07. The van der Waals surface area contributed by atoms with Gasteiger partial charge in [0, 0.05) is 19.1 Å². The van der Waals surface area contributed by atoms with Crippen molar-refractivity contribution < 1.29 is 9.90 Å². The molecule has 1 aromatic heterocycles. The minimum absolute atomic E-state index is 0.228. The van der Waals surface area contributed by atoms with Gasteiger partial charge in [0.25, 0.3) is 5.91 Å². The van der Waals surface area contributed by atoms with Gasteiger partial charge in [-0.2, -0.15) is 5.26 Å². The fourth-order valence-electron chi connectivity index (χ4n) is 3.52. The maximum atomic E-state index is 12.2. The van der Waals surface area contributed by atoms with E-state index >= 15 is 0 Å². The van der Waals surface area contributed by atoms with Crippen LogP contribution in [0.5, 0.6) is 0 Å². The molecule has 112 valence electrons. The van der Waals surface area contributed by atoms with Crippen molar-refractivity contribution in [1.82, 2.24) is 5.32 Å². The quantitative estimate of drug-likeness (QED) is 0.758. The van der Waals surface area contributed by atoms with Gasteiger partial charge in [0.05, 0.1) is 17.4 Å². The third-order valence-electron chi connectivity index (χ3n) is 4.42. The van der Waals surface area contributed by atoms with E-state index < -0.39 is 0 Å². The molecule has 2 aliphatic rings. The predicted molar refractivity (Wildman–Crippen MR) is 81.4 cm³/mol. The number of nitrogens with one attached hydrogen (secondary N) is 1. The van der Waals surface area contributed by atoms with E-state index in [1.165, 1.54) is 11.3 Å². The molecule has 2 atom stereocenters. The van der Waals surface area contributed by atoms with E-state index in [0.717, 1.165) is 17.8 Å². The first-order valence-electron chi connectivity index (χ1n) is 7.07. The number of rotatable bonds is 2. The molecule has 0 radical (unpaired) electrons. The van der Waals surface area contributed by atoms with Crippen molar-refractivity contribution in [3.63, 3.8) is 0 Å². The van der Waals surface area contributed by atoms with E-state index in [4.69, 9.17) is 5.73 Å². The maximum Gasteiger partial charge on any atom is 0.256 e. The molecule has 1 amide bonds. The van der Waals surface area contributed by atoms with Crippen molar-refractivity contribution in [2.24, 2.45) is 0 Å². The van der Waals surface area contributed by atoms with Crippen LogP contribution in [0, 0.1) is 11.3 Å². The van der Waals surface area contributed by atoms with Crippen LogP contribution in [0.25, 0.3) is 0 Å². The SMILES string of the molecule is CNC(=O)c1c(N2C3CCC2CC(O)C3)sc(C#N)c1N. The molecular weight excluding hydrogens is 288 g/mol. The molecule has 6 nitrogen and oxygen atoms in total. The Kier molecular flexibility index (Phi) is 3.51. The molecule has 0 spiro atoms. The third-order valence-corrected chi connectivity index (χ3v) is 5.55. The highest BCUT2D eigenvalue weighted by Gasteiger charge is 2.43. The minimum Gasteiger partial charge on any atom is -0.396 e. The van der Waals surface area contributed by atoms with Crippen molar-refractivity contribution in [2.75, 3.05) is 17.7 Å². The Labute approximate surface area is 127 Å². The van der Waals surface area contributed by atoms with Gasteiger partial charge >= 0.3 is 0 Å². The van der Waals surface area contributed by atoms with Gasteiger partial charge in [0.2, 0.25) is 0 Å². The minimum atomic E-state index is -0.269. The second-order valence-electron chi connectivity index (χ2n) is 5.63. The Bertz CT molecular complexity index is 607. The molecule has 2 fully saturated rings. The number of nitrogens with zero attached hydrogens (tertiary/aromatic N) is 2. The number of aliphatic hydroxyl groups excluding tert-OH is 1. The standard InChI is InChI=1S/C14H18N4O2S/c1-17-13(20)11-12(16)10(6-15)21-14(11)18-7-2-3-8(18)5-9(19)4-7/h7-9,19H,2-5,16H2,1H3,(H,17,20). The van der Waals surface area contributed by atoms with Gasteiger partial charge in [0.1, 0.15) is 15.9 Å². The number of nitrogens with two attached hydrogens (primary N) is 1. The molecule has 3 heterocycles. The van der Waals surface area contributed by atoms with Gasteiger partial charge in [0.15, 0.2) is 0 Å². The summed E-state index contributed by atoms with van der Waals surface area (Å²) in [6.07, 6.45) is 3.17. The van der Waals surface area contributed by atoms with Crippen LogP contribution in [0.15, 0.2) is 0 Å². The molecule has 2 saturated heterocycles. The summed E-state index contributed by atoms with van der Waals surface area (Å²) in [4.78, 5) is 14.7. The van der Waals surface area contributed by atoms with Crippen molar-refractivity contribution in [1.29, 1.82) is 5.26 Å². The molecule has 0 aromatic carbocycles. The zero-order chi connectivity index (χ0) is 15.1. The normalized spacial score (nSPS) is 27.5. The number of piperidine rings is 1. The van der Waals surface area contributed by atoms with Crippen LogP contribution in [-0.4, -0.2) is 36.2 Å². The average Bonchev–Trinajstić information content (AvgIpc) is 2.92. The summed E-state index contributed by atoms with van der Waals surface area (Å²) < 4.78 is 0. The van der Waals surface area contributed by atoms with Gasteiger partial charge in [-0.05, 0) is 25.7 Å². The van der Waals surface area contributed by atoms with Gasteiger partial charge in [-0.1, -0.05) is 0 Å². The van der Waals surface area contributed by atoms with Crippen LogP contribution in [-0.2, 0) is 0 Å². The molecular formula is C14H18N4O2S. The topological polar surface area (TPSA) is 102 Å². The first kappa shape index (κ1) is 14.2. The lowest BCUT2D eigenvalue weighted by Gasteiger charge is -2.38. The second kappa shape index (κ2) is 5.20. The smallest absolute Gasteiger partial charge is 0.256 e. The zero-order valence-corrected chi connectivity index (χ0v) is 12.6. The number of anilines is 2. The molecule has 2 aliphatic heterocycles. The highest BCUT2D eigenvalue weighted by atomic mass is 32.1. The molecule has 2 unspecified atom stereocenters.